The smallest absolute Gasteiger partial charge is 0.0416 e. The van der Waals surface area contributed by atoms with Gasteiger partial charge < -0.3 is 9.88 Å². The van der Waals surface area contributed by atoms with Crippen LogP contribution in [0, 0.1) is 20.8 Å². The summed E-state index contributed by atoms with van der Waals surface area (Å²) in [7, 11) is 2.05. The van der Waals surface area contributed by atoms with Crippen molar-refractivity contribution in [3.8, 4) is 0 Å². The fourth-order valence-electron chi connectivity index (χ4n) is 2.31. The quantitative estimate of drug-likeness (QED) is 0.850. The molecule has 0 bridgehead atoms. The summed E-state index contributed by atoms with van der Waals surface area (Å²) in [5.74, 6) is 0. The third kappa shape index (κ3) is 2.70. The summed E-state index contributed by atoms with van der Waals surface area (Å²) in [5, 5.41) is 3.52. The molecular weight excluding hydrogens is 208 g/mol. The monoisotopic (exact) mass is 228 g/mol. The second-order valence-electron chi connectivity index (χ2n) is 4.81. The molecule has 2 nitrogen and oxygen atoms in total. The summed E-state index contributed by atoms with van der Waals surface area (Å²) in [6.45, 7) is 7.34. The molecule has 2 aromatic rings. The van der Waals surface area contributed by atoms with Crippen molar-refractivity contribution in [2.75, 3.05) is 5.32 Å². The van der Waals surface area contributed by atoms with E-state index in [-0.39, 0.29) is 0 Å². The zero-order valence-corrected chi connectivity index (χ0v) is 11.0. The van der Waals surface area contributed by atoms with Crippen molar-refractivity contribution >= 4 is 5.69 Å². The summed E-state index contributed by atoms with van der Waals surface area (Å²) >= 11 is 0. The summed E-state index contributed by atoms with van der Waals surface area (Å²) in [6, 6.07) is 6.59. The van der Waals surface area contributed by atoms with E-state index in [1.54, 1.807) is 0 Å². The second kappa shape index (κ2) is 4.66. The lowest BCUT2D eigenvalue weighted by molar-refractivity contribution is 0.920. The molecular formula is C15H20N2. The first-order chi connectivity index (χ1) is 8.06. The zero-order chi connectivity index (χ0) is 12.4. The van der Waals surface area contributed by atoms with Crippen molar-refractivity contribution in [2.24, 2.45) is 7.05 Å². The predicted octanol–water partition coefficient (Wildman–Crippen LogP) is 3.56. The van der Waals surface area contributed by atoms with Crippen molar-refractivity contribution < 1.29 is 0 Å². The Balaban J connectivity index is 2.14. The minimum absolute atomic E-state index is 0.881. The number of rotatable bonds is 3. The molecule has 0 aliphatic rings. The van der Waals surface area contributed by atoms with Crippen LogP contribution in [0.15, 0.2) is 30.6 Å². The van der Waals surface area contributed by atoms with E-state index >= 15 is 0 Å². The van der Waals surface area contributed by atoms with Crippen molar-refractivity contribution in [3.05, 3.63) is 52.8 Å². The Morgan fingerprint density at radius 1 is 1.12 bits per heavy atom. The lowest BCUT2D eigenvalue weighted by Crippen LogP contribution is -2.02. The van der Waals surface area contributed by atoms with E-state index in [2.05, 4.69) is 61.2 Å². The largest absolute Gasteiger partial charge is 0.380 e. The summed E-state index contributed by atoms with van der Waals surface area (Å²) in [5.41, 5.74) is 6.54. The Morgan fingerprint density at radius 3 is 2.29 bits per heavy atom. The van der Waals surface area contributed by atoms with Gasteiger partial charge in [0, 0.05) is 31.7 Å². The molecule has 1 N–H and O–H groups in total. The van der Waals surface area contributed by atoms with Crippen LogP contribution in [0.3, 0.4) is 0 Å². The van der Waals surface area contributed by atoms with Gasteiger partial charge in [-0.2, -0.15) is 0 Å². The topological polar surface area (TPSA) is 17.0 Å². The lowest BCUT2D eigenvalue weighted by Gasteiger charge is -2.13. The van der Waals surface area contributed by atoms with Gasteiger partial charge in [-0.25, -0.2) is 0 Å². The summed E-state index contributed by atoms with van der Waals surface area (Å²) in [6.07, 6.45) is 4.22. The molecule has 0 aliphatic heterocycles. The maximum Gasteiger partial charge on any atom is 0.0416 e. The third-order valence-electron chi connectivity index (χ3n) is 3.04. The highest BCUT2D eigenvalue weighted by Gasteiger charge is 2.03. The van der Waals surface area contributed by atoms with Crippen molar-refractivity contribution in [2.45, 2.75) is 27.3 Å². The molecule has 0 atom stereocenters. The van der Waals surface area contributed by atoms with Gasteiger partial charge in [0.15, 0.2) is 0 Å². The van der Waals surface area contributed by atoms with Crippen LogP contribution in [0.5, 0.6) is 0 Å². The van der Waals surface area contributed by atoms with Gasteiger partial charge >= 0.3 is 0 Å². The molecule has 0 saturated carbocycles. The van der Waals surface area contributed by atoms with Crippen LogP contribution >= 0.6 is 0 Å². The van der Waals surface area contributed by atoms with Crippen LogP contribution in [0.2, 0.25) is 0 Å². The zero-order valence-electron chi connectivity index (χ0n) is 11.0. The van der Waals surface area contributed by atoms with Gasteiger partial charge in [-0.1, -0.05) is 17.7 Å². The molecule has 1 aromatic heterocycles. The highest BCUT2D eigenvalue weighted by Crippen LogP contribution is 2.22. The van der Waals surface area contributed by atoms with E-state index in [1.807, 2.05) is 7.05 Å². The van der Waals surface area contributed by atoms with Gasteiger partial charge in [0.1, 0.15) is 0 Å². The Bertz CT molecular complexity index is 500. The maximum absolute atomic E-state index is 3.52. The second-order valence-corrected chi connectivity index (χ2v) is 4.81. The Morgan fingerprint density at radius 2 is 1.76 bits per heavy atom. The molecule has 0 spiro atoms. The molecule has 0 amide bonds. The number of hydrogen-bond acceptors (Lipinski definition) is 1. The minimum atomic E-state index is 0.881. The van der Waals surface area contributed by atoms with Crippen molar-refractivity contribution in [3.63, 3.8) is 0 Å². The SMILES string of the molecule is Cc1cc(C)c(NCc2ccn(C)c2)c(C)c1. The van der Waals surface area contributed by atoms with Gasteiger partial charge in [-0.3, -0.25) is 0 Å². The minimum Gasteiger partial charge on any atom is -0.380 e. The number of hydrogen-bond donors (Lipinski definition) is 1. The number of anilines is 1. The van der Waals surface area contributed by atoms with E-state index in [0.29, 0.717) is 0 Å². The Kier molecular flexibility index (Phi) is 3.23. The molecule has 0 aliphatic carbocycles. The predicted molar refractivity (Wildman–Crippen MR) is 73.4 cm³/mol. The summed E-state index contributed by atoms with van der Waals surface area (Å²) < 4.78 is 2.08. The van der Waals surface area contributed by atoms with Crippen LogP contribution in [-0.2, 0) is 13.6 Å². The van der Waals surface area contributed by atoms with Gasteiger partial charge in [0.25, 0.3) is 0 Å². The fourth-order valence-corrected chi connectivity index (χ4v) is 2.31. The molecule has 0 unspecified atom stereocenters. The lowest BCUT2D eigenvalue weighted by atomic mass is 10.1. The number of aryl methyl sites for hydroxylation is 4. The van der Waals surface area contributed by atoms with Crippen LogP contribution in [0.25, 0.3) is 0 Å². The first kappa shape index (κ1) is 11.8. The van der Waals surface area contributed by atoms with E-state index < -0.39 is 0 Å². The maximum atomic E-state index is 3.52. The average Bonchev–Trinajstić information content (AvgIpc) is 2.62. The Labute approximate surface area is 103 Å². The number of aromatic nitrogens is 1. The van der Waals surface area contributed by atoms with Crippen LogP contribution in [0.1, 0.15) is 22.3 Å². The molecule has 0 fully saturated rings. The Hall–Kier alpha value is -1.70. The molecule has 1 heterocycles. The molecule has 0 radical (unpaired) electrons. The van der Waals surface area contributed by atoms with E-state index in [9.17, 15) is 0 Å². The van der Waals surface area contributed by atoms with Gasteiger partial charge in [-0.05, 0) is 43.5 Å². The van der Waals surface area contributed by atoms with E-state index in [1.165, 1.54) is 27.9 Å². The highest BCUT2D eigenvalue weighted by molar-refractivity contribution is 5.58. The molecule has 1 aromatic carbocycles. The van der Waals surface area contributed by atoms with Gasteiger partial charge in [-0.15, -0.1) is 0 Å². The summed E-state index contributed by atoms with van der Waals surface area (Å²) in [4.78, 5) is 0. The average molecular weight is 228 g/mol. The first-order valence-corrected chi connectivity index (χ1v) is 5.99. The van der Waals surface area contributed by atoms with Crippen LogP contribution in [0.4, 0.5) is 5.69 Å². The number of nitrogens with zero attached hydrogens (tertiary/aromatic N) is 1. The van der Waals surface area contributed by atoms with Gasteiger partial charge in [0.05, 0.1) is 0 Å². The number of nitrogens with one attached hydrogen (secondary N) is 1. The number of benzene rings is 1. The van der Waals surface area contributed by atoms with Crippen molar-refractivity contribution in [1.82, 2.24) is 4.57 Å². The van der Waals surface area contributed by atoms with Gasteiger partial charge in [0.2, 0.25) is 0 Å². The fraction of sp³-hybridized carbons (Fsp3) is 0.333. The molecule has 2 rings (SSSR count). The van der Waals surface area contributed by atoms with E-state index in [0.717, 1.165) is 6.54 Å². The highest BCUT2D eigenvalue weighted by atomic mass is 14.9. The molecule has 2 heteroatoms. The van der Waals surface area contributed by atoms with Crippen LogP contribution < -0.4 is 5.32 Å². The standard InChI is InChI=1S/C15H20N2/c1-11-7-12(2)15(13(3)8-11)16-9-14-5-6-17(4)10-14/h5-8,10,16H,9H2,1-4H3. The van der Waals surface area contributed by atoms with Crippen molar-refractivity contribution in [1.29, 1.82) is 0 Å². The first-order valence-electron chi connectivity index (χ1n) is 5.99. The molecule has 0 saturated heterocycles. The molecule has 17 heavy (non-hydrogen) atoms. The third-order valence-corrected chi connectivity index (χ3v) is 3.04. The molecule has 90 valence electrons. The van der Waals surface area contributed by atoms with E-state index in [4.69, 9.17) is 0 Å². The normalized spacial score (nSPS) is 10.6. The van der Waals surface area contributed by atoms with Crippen LogP contribution in [-0.4, -0.2) is 4.57 Å².